The van der Waals surface area contributed by atoms with E-state index < -0.39 is 0 Å². The Labute approximate surface area is 139 Å². The van der Waals surface area contributed by atoms with Crippen molar-refractivity contribution in [3.63, 3.8) is 0 Å². The maximum Gasteiger partial charge on any atom is 0.263 e. The number of hydrogen-bond acceptors (Lipinski definition) is 3. The third-order valence-corrected chi connectivity index (χ3v) is 5.23. The van der Waals surface area contributed by atoms with Gasteiger partial charge in [0.25, 0.3) is 5.91 Å². The van der Waals surface area contributed by atoms with E-state index in [-0.39, 0.29) is 11.7 Å². The average molecular weight is 333 g/mol. The highest BCUT2D eigenvalue weighted by atomic mass is 32.1. The fourth-order valence-electron chi connectivity index (χ4n) is 2.81. The fourth-order valence-corrected chi connectivity index (χ4v) is 3.81. The molecule has 1 unspecified atom stereocenters. The smallest absolute Gasteiger partial charge is 0.263 e. The van der Waals surface area contributed by atoms with Crippen molar-refractivity contribution in [1.29, 1.82) is 0 Å². The zero-order valence-corrected chi connectivity index (χ0v) is 13.9. The van der Waals surface area contributed by atoms with E-state index in [4.69, 9.17) is 4.74 Å². The summed E-state index contributed by atoms with van der Waals surface area (Å²) in [5, 5.41) is 0. The molecule has 1 saturated heterocycles. The maximum absolute atomic E-state index is 13.9. The van der Waals surface area contributed by atoms with Gasteiger partial charge >= 0.3 is 0 Å². The molecule has 122 valence electrons. The lowest BCUT2D eigenvalue weighted by Gasteiger charge is -2.23. The van der Waals surface area contributed by atoms with E-state index in [0.29, 0.717) is 22.9 Å². The minimum absolute atomic E-state index is 0.0204. The molecule has 1 aromatic carbocycles. The summed E-state index contributed by atoms with van der Waals surface area (Å²) in [6, 6.07) is 10.3. The largest absolute Gasteiger partial charge is 0.381 e. The van der Waals surface area contributed by atoms with Crippen molar-refractivity contribution in [2.45, 2.75) is 13.3 Å². The van der Waals surface area contributed by atoms with Crippen LogP contribution in [0.5, 0.6) is 0 Å². The van der Waals surface area contributed by atoms with Gasteiger partial charge in [0.2, 0.25) is 0 Å². The summed E-state index contributed by atoms with van der Waals surface area (Å²) in [6.45, 7) is 4.89. The van der Waals surface area contributed by atoms with Crippen molar-refractivity contribution in [3.05, 3.63) is 47.1 Å². The van der Waals surface area contributed by atoms with Crippen molar-refractivity contribution in [2.75, 3.05) is 26.3 Å². The van der Waals surface area contributed by atoms with Crippen LogP contribution in [-0.4, -0.2) is 37.1 Å². The van der Waals surface area contributed by atoms with Crippen molar-refractivity contribution >= 4 is 17.2 Å². The molecule has 2 heterocycles. The average Bonchev–Trinajstić information content (AvgIpc) is 3.24. The maximum atomic E-state index is 13.9. The first-order valence-electron chi connectivity index (χ1n) is 7.90. The Bertz CT molecular complexity index is 679. The summed E-state index contributed by atoms with van der Waals surface area (Å²) >= 11 is 1.35. The molecular formula is C18H20FNO2S. The highest BCUT2D eigenvalue weighted by Crippen LogP contribution is 2.30. The van der Waals surface area contributed by atoms with E-state index in [9.17, 15) is 9.18 Å². The van der Waals surface area contributed by atoms with Gasteiger partial charge in [-0.25, -0.2) is 4.39 Å². The standard InChI is InChI=1S/C18H20FNO2S/c1-2-20(11-13-9-10-22-12-13)18(21)17-8-7-16(23-17)14-5-3-4-6-15(14)19/h3-8,13H,2,9-12H2,1H3. The number of carbonyl (C=O) groups excluding carboxylic acids is 1. The summed E-state index contributed by atoms with van der Waals surface area (Å²) in [5.74, 6) is 0.181. The van der Waals surface area contributed by atoms with Gasteiger partial charge in [0.15, 0.2) is 0 Å². The van der Waals surface area contributed by atoms with Crippen LogP contribution in [0.25, 0.3) is 10.4 Å². The lowest BCUT2D eigenvalue weighted by atomic mass is 10.1. The molecule has 1 amide bonds. The topological polar surface area (TPSA) is 29.5 Å². The minimum atomic E-state index is -0.260. The first kappa shape index (κ1) is 16.1. The van der Waals surface area contributed by atoms with Crippen LogP contribution >= 0.6 is 11.3 Å². The van der Waals surface area contributed by atoms with Gasteiger partial charge in [-0.1, -0.05) is 18.2 Å². The third kappa shape index (κ3) is 3.62. The number of amides is 1. The number of carbonyl (C=O) groups is 1. The van der Waals surface area contributed by atoms with Crippen LogP contribution in [0.3, 0.4) is 0 Å². The highest BCUT2D eigenvalue weighted by Gasteiger charge is 2.23. The van der Waals surface area contributed by atoms with Gasteiger partial charge in [0.1, 0.15) is 5.82 Å². The Hall–Kier alpha value is -1.72. The Morgan fingerprint density at radius 3 is 2.87 bits per heavy atom. The quantitative estimate of drug-likeness (QED) is 0.826. The van der Waals surface area contributed by atoms with Gasteiger partial charge in [-0.05, 0) is 31.5 Å². The molecule has 1 atom stereocenters. The normalized spacial score (nSPS) is 17.4. The van der Waals surface area contributed by atoms with Gasteiger partial charge in [-0.3, -0.25) is 4.79 Å². The second-order valence-electron chi connectivity index (χ2n) is 5.72. The predicted molar refractivity (Wildman–Crippen MR) is 90.2 cm³/mol. The summed E-state index contributed by atoms with van der Waals surface area (Å²) in [6.07, 6.45) is 1.01. The molecule has 0 spiro atoms. The van der Waals surface area contributed by atoms with Crippen LogP contribution in [0.1, 0.15) is 23.0 Å². The molecule has 3 nitrogen and oxygen atoms in total. The van der Waals surface area contributed by atoms with E-state index in [1.807, 2.05) is 17.9 Å². The third-order valence-electron chi connectivity index (χ3n) is 4.13. The Balaban J connectivity index is 1.75. The van der Waals surface area contributed by atoms with Crippen LogP contribution in [0.15, 0.2) is 36.4 Å². The molecule has 1 aliphatic rings. The monoisotopic (exact) mass is 333 g/mol. The van der Waals surface area contributed by atoms with E-state index in [2.05, 4.69) is 0 Å². The second-order valence-corrected chi connectivity index (χ2v) is 6.80. The molecule has 0 saturated carbocycles. The van der Waals surface area contributed by atoms with Gasteiger partial charge in [-0.2, -0.15) is 0 Å². The van der Waals surface area contributed by atoms with Crippen LogP contribution in [0.2, 0.25) is 0 Å². The molecule has 0 aliphatic carbocycles. The van der Waals surface area contributed by atoms with Crippen LogP contribution in [0, 0.1) is 11.7 Å². The second kappa shape index (κ2) is 7.23. The van der Waals surface area contributed by atoms with Crippen molar-refractivity contribution in [2.24, 2.45) is 5.92 Å². The molecule has 0 bridgehead atoms. The van der Waals surface area contributed by atoms with Crippen molar-refractivity contribution in [1.82, 2.24) is 4.90 Å². The lowest BCUT2D eigenvalue weighted by Crippen LogP contribution is -2.35. The van der Waals surface area contributed by atoms with E-state index in [0.717, 1.165) is 31.1 Å². The van der Waals surface area contributed by atoms with Gasteiger partial charge in [0, 0.05) is 36.1 Å². The Morgan fingerprint density at radius 2 is 2.17 bits per heavy atom. The molecule has 0 radical (unpaired) electrons. The van der Waals surface area contributed by atoms with Crippen LogP contribution in [0.4, 0.5) is 4.39 Å². The number of benzene rings is 1. The first-order valence-corrected chi connectivity index (χ1v) is 8.72. The predicted octanol–water partition coefficient (Wildman–Crippen LogP) is 4.05. The van der Waals surface area contributed by atoms with Gasteiger partial charge in [-0.15, -0.1) is 11.3 Å². The summed E-state index contributed by atoms with van der Waals surface area (Å²) in [5.41, 5.74) is 0.545. The van der Waals surface area contributed by atoms with E-state index >= 15 is 0 Å². The summed E-state index contributed by atoms with van der Waals surface area (Å²) in [7, 11) is 0. The molecule has 1 aromatic heterocycles. The zero-order chi connectivity index (χ0) is 16.2. The van der Waals surface area contributed by atoms with E-state index in [1.54, 1.807) is 24.3 Å². The Morgan fingerprint density at radius 1 is 1.35 bits per heavy atom. The number of rotatable bonds is 5. The van der Waals surface area contributed by atoms with Crippen molar-refractivity contribution < 1.29 is 13.9 Å². The molecule has 1 aliphatic heterocycles. The summed E-state index contributed by atoms with van der Waals surface area (Å²) < 4.78 is 19.3. The van der Waals surface area contributed by atoms with E-state index in [1.165, 1.54) is 17.4 Å². The number of thiophene rings is 1. The number of halogens is 1. The molecular weight excluding hydrogens is 313 g/mol. The minimum Gasteiger partial charge on any atom is -0.381 e. The molecule has 2 aromatic rings. The molecule has 0 N–H and O–H groups in total. The Kier molecular flexibility index (Phi) is 5.08. The van der Waals surface area contributed by atoms with Crippen molar-refractivity contribution in [3.8, 4) is 10.4 Å². The van der Waals surface area contributed by atoms with Gasteiger partial charge in [0.05, 0.1) is 11.5 Å². The first-order chi connectivity index (χ1) is 11.2. The number of nitrogens with zero attached hydrogens (tertiary/aromatic N) is 1. The van der Waals surface area contributed by atoms with Gasteiger partial charge < -0.3 is 9.64 Å². The summed E-state index contributed by atoms with van der Waals surface area (Å²) in [4.78, 5) is 16.0. The van der Waals surface area contributed by atoms with Crippen LogP contribution in [-0.2, 0) is 4.74 Å². The number of ether oxygens (including phenoxy) is 1. The molecule has 3 rings (SSSR count). The fraction of sp³-hybridized carbons (Fsp3) is 0.389. The molecule has 1 fully saturated rings. The molecule has 23 heavy (non-hydrogen) atoms. The van der Waals surface area contributed by atoms with Crippen LogP contribution < -0.4 is 0 Å². The highest BCUT2D eigenvalue weighted by molar-refractivity contribution is 7.17. The zero-order valence-electron chi connectivity index (χ0n) is 13.1. The SMILES string of the molecule is CCN(CC1CCOC1)C(=O)c1ccc(-c2ccccc2F)s1. The number of hydrogen-bond donors (Lipinski definition) is 0. The molecule has 5 heteroatoms. The lowest BCUT2D eigenvalue weighted by molar-refractivity contribution is 0.0735.